The van der Waals surface area contributed by atoms with Crippen molar-refractivity contribution in [1.82, 2.24) is 39.5 Å². The molecule has 0 saturated carbocycles. The fourth-order valence-electron chi connectivity index (χ4n) is 7.15. The van der Waals surface area contributed by atoms with Gasteiger partial charge in [-0.25, -0.2) is 34.3 Å². The molecule has 4 aliphatic carbocycles. The summed E-state index contributed by atoms with van der Waals surface area (Å²) in [5, 5.41) is 0. The predicted molar refractivity (Wildman–Crippen MR) is 214 cm³/mol. The van der Waals surface area contributed by atoms with Gasteiger partial charge >= 0.3 is 0 Å². The third kappa shape index (κ3) is 5.66. The minimum absolute atomic E-state index is 0.174. The zero-order valence-electron chi connectivity index (χ0n) is 31.2. The molecule has 0 saturated heterocycles. The van der Waals surface area contributed by atoms with Crippen LogP contribution in [0.4, 0.5) is 4.39 Å². The van der Waals surface area contributed by atoms with Crippen molar-refractivity contribution in [3.8, 4) is 0 Å². The van der Waals surface area contributed by atoms with Gasteiger partial charge in [0.25, 0.3) is 0 Å². The number of aromatic nitrogens is 8. The Hall–Kier alpha value is -5.83. The number of alkyl halides is 1. The lowest BCUT2D eigenvalue weighted by Gasteiger charge is -2.12. The van der Waals surface area contributed by atoms with E-state index in [1.165, 1.54) is 6.92 Å². The topological polar surface area (TPSA) is 98.1 Å². The van der Waals surface area contributed by atoms with Crippen LogP contribution in [0.1, 0.15) is 94.0 Å². The molecule has 0 radical (unpaired) electrons. The van der Waals surface area contributed by atoms with E-state index in [-0.39, 0.29) is 16.2 Å². The highest BCUT2D eigenvalue weighted by atomic mass is 19.1. The molecule has 9 heteroatoms. The van der Waals surface area contributed by atoms with Crippen molar-refractivity contribution in [2.45, 2.75) is 54.1 Å². The second-order valence-electron chi connectivity index (χ2n) is 16.6. The summed E-state index contributed by atoms with van der Waals surface area (Å²) < 4.78 is 17.5. The summed E-state index contributed by atoms with van der Waals surface area (Å²) in [6.07, 6.45) is 32.3. The summed E-state index contributed by atoms with van der Waals surface area (Å²) in [6, 6.07) is 0. The Morgan fingerprint density at radius 2 is 0.755 bits per heavy atom. The first-order chi connectivity index (χ1) is 25.1. The lowest BCUT2D eigenvalue weighted by Crippen LogP contribution is -2.07. The number of nitrogens with zero attached hydrogens (tertiary/aromatic N) is 7. The molecule has 53 heavy (non-hydrogen) atoms. The van der Waals surface area contributed by atoms with Crippen molar-refractivity contribution in [3.05, 3.63) is 118 Å². The summed E-state index contributed by atoms with van der Waals surface area (Å²) >= 11 is 0. The fraction of sp³-hybridized carbons (Fsp3) is 0.273. The van der Waals surface area contributed by atoms with Crippen LogP contribution in [0.25, 0.3) is 69.2 Å². The van der Waals surface area contributed by atoms with Crippen LogP contribution in [-0.4, -0.2) is 45.1 Å². The highest BCUT2D eigenvalue weighted by molar-refractivity contribution is 6.02. The van der Waals surface area contributed by atoms with Gasteiger partial charge in [0.05, 0.1) is 0 Å². The van der Waals surface area contributed by atoms with E-state index in [0.29, 0.717) is 45.9 Å². The normalized spacial score (nSPS) is 20.8. The van der Waals surface area contributed by atoms with E-state index in [1.54, 1.807) is 24.3 Å². The van der Waals surface area contributed by atoms with E-state index in [0.717, 1.165) is 44.5 Å². The summed E-state index contributed by atoms with van der Waals surface area (Å²) in [4.78, 5) is 34.7. The Morgan fingerprint density at radius 1 is 0.434 bits per heavy atom. The number of H-pyrrole nitrogens is 1. The summed E-state index contributed by atoms with van der Waals surface area (Å²) in [5.41, 5.74) is 7.05. The molecule has 3 aromatic rings. The summed E-state index contributed by atoms with van der Waals surface area (Å²) in [6.45, 7) is 14.5. The van der Waals surface area contributed by atoms with Crippen molar-refractivity contribution in [2.24, 2.45) is 23.3 Å². The molecule has 0 spiro atoms. The van der Waals surface area contributed by atoms with Crippen molar-refractivity contribution in [3.63, 3.8) is 0 Å². The van der Waals surface area contributed by atoms with E-state index in [9.17, 15) is 0 Å². The number of allylic oxidation sites excluding steroid dienone is 16. The van der Waals surface area contributed by atoms with Crippen LogP contribution in [0.15, 0.2) is 72.9 Å². The minimum atomic E-state index is -1.65. The molecule has 0 fully saturated rings. The van der Waals surface area contributed by atoms with Gasteiger partial charge in [0.1, 0.15) is 28.3 Å². The van der Waals surface area contributed by atoms with E-state index < -0.39 is 5.67 Å². The molecular weight excluding hydrogens is 660 g/mol. The molecule has 8 bridgehead atoms. The molecular formula is C44H41FN8. The molecule has 0 amide bonds. The Labute approximate surface area is 308 Å². The predicted octanol–water partition coefficient (Wildman–Crippen LogP) is 9.87. The molecule has 9 rings (SSSR count). The Bertz CT molecular complexity index is 2500. The van der Waals surface area contributed by atoms with Crippen LogP contribution < -0.4 is 0 Å². The first-order valence-electron chi connectivity index (χ1n) is 18.1. The quantitative estimate of drug-likeness (QED) is 0.251. The Morgan fingerprint density at radius 3 is 1.13 bits per heavy atom. The molecule has 3 aromatic heterocycles. The third-order valence-electron chi connectivity index (χ3n) is 10.5. The Kier molecular flexibility index (Phi) is 6.91. The molecule has 6 aliphatic rings. The van der Waals surface area contributed by atoms with Gasteiger partial charge in [-0.1, -0.05) is 127 Å². The number of halogens is 1. The number of rotatable bonds is 0. The van der Waals surface area contributed by atoms with Crippen molar-refractivity contribution in [1.29, 1.82) is 0 Å². The number of aryl methyl sites for hydroxylation is 1. The minimum Gasteiger partial charge on any atom is -0.324 e. The average molecular weight is 701 g/mol. The van der Waals surface area contributed by atoms with E-state index in [4.69, 9.17) is 29.9 Å². The first kappa shape index (κ1) is 33.0. The fourth-order valence-corrected chi connectivity index (χ4v) is 7.15. The van der Waals surface area contributed by atoms with Crippen LogP contribution in [0.2, 0.25) is 0 Å². The van der Waals surface area contributed by atoms with Gasteiger partial charge in [-0.3, -0.25) is 0 Å². The standard InChI is InChI=1S/C44H41FN8/c1-41(2)17-9-25-26(10-18-41)34-46-33(25)47-35-27-11-19-42(3,4)21-13-29(27)37(49-35)51-39-31-15-23-44(7,45)24-16-32(31)40(53(39)8)52-38-30-14-22-43(5,6)20-12-28(30)36(48-34)50-38/h9-24H,1-8H3,(H,46,47,48,49,50,51,52). The van der Waals surface area contributed by atoms with Gasteiger partial charge < -0.3 is 9.55 Å². The first-order valence-corrected chi connectivity index (χ1v) is 18.1. The number of nitrogens with one attached hydrogen (secondary N) is 1. The highest BCUT2D eigenvalue weighted by Crippen LogP contribution is 2.40. The summed E-state index contributed by atoms with van der Waals surface area (Å²) in [7, 11) is 1.93. The van der Waals surface area contributed by atoms with Gasteiger partial charge in [0.15, 0.2) is 23.3 Å². The van der Waals surface area contributed by atoms with Crippen molar-refractivity contribution >= 4 is 69.2 Å². The lowest BCUT2D eigenvalue weighted by atomic mass is 9.93. The number of hydrogen-bond acceptors (Lipinski definition) is 6. The number of aromatic amines is 1. The zero-order valence-corrected chi connectivity index (χ0v) is 31.2. The maximum absolute atomic E-state index is 15.5. The van der Waals surface area contributed by atoms with Crippen molar-refractivity contribution in [2.75, 3.05) is 0 Å². The van der Waals surface area contributed by atoms with Crippen LogP contribution in [-0.2, 0) is 7.05 Å². The van der Waals surface area contributed by atoms with Gasteiger partial charge in [0, 0.05) is 67.8 Å². The maximum atomic E-state index is 15.5. The smallest absolute Gasteiger partial charge is 0.164 e. The average Bonchev–Trinajstić information content (AvgIpc) is 3.59. The van der Waals surface area contributed by atoms with E-state index in [2.05, 4.69) is 119 Å². The highest BCUT2D eigenvalue weighted by Gasteiger charge is 2.29. The molecule has 2 aliphatic heterocycles. The molecule has 0 unspecified atom stereocenters. The van der Waals surface area contributed by atoms with E-state index in [1.807, 2.05) is 11.6 Å². The SMILES string of the molecule is Cn1c2nc3nc(nc4[nH]c(nc5nc(nc1c1c2C=CC(C)(F)C=C1)C1=C5C=CC(C)(C)C=C1)c1c4C=CC(C)(C)C=C1)C1=C3C=CC(C)(C)C=C1. The second-order valence-corrected chi connectivity index (χ2v) is 16.6. The third-order valence-corrected chi connectivity index (χ3v) is 10.5. The van der Waals surface area contributed by atoms with Crippen LogP contribution >= 0.6 is 0 Å². The monoisotopic (exact) mass is 700 g/mol. The molecule has 8 nitrogen and oxygen atoms in total. The summed E-state index contributed by atoms with van der Waals surface area (Å²) in [5.74, 6) is 2.11. The van der Waals surface area contributed by atoms with Crippen LogP contribution in [0, 0.1) is 16.2 Å². The Balaban J connectivity index is 1.47. The second kappa shape index (κ2) is 11.1. The van der Waals surface area contributed by atoms with Crippen LogP contribution in [0.5, 0.6) is 0 Å². The molecule has 264 valence electrons. The molecule has 5 heterocycles. The van der Waals surface area contributed by atoms with Gasteiger partial charge in [-0.15, -0.1) is 0 Å². The van der Waals surface area contributed by atoms with Gasteiger partial charge in [-0.05, 0) is 19.1 Å². The van der Waals surface area contributed by atoms with Crippen molar-refractivity contribution < 1.29 is 4.39 Å². The lowest BCUT2D eigenvalue weighted by molar-refractivity contribution is 0.331. The number of hydrogen-bond donors (Lipinski definition) is 1. The van der Waals surface area contributed by atoms with Gasteiger partial charge in [0.2, 0.25) is 0 Å². The van der Waals surface area contributed by atoms with E-state index >= 15 is 4.39 Å². The molecule has 1 N–H and O–H groups in total. The van der Waals surface area contributed by atoms with Crippen LogP contribution in [0.3, 0.4) is 0 Å². The zero-order chi connectivity index (χ0) is 37.1. The molecule has 0 atom stereocenters. The maximum Gasteiger partial charge on any atom is 0.164 e. The largest absolute Gasteiger partial charge is 0.324 e. The van der Waals surface area contributed by atoms with Gasteiger partial charge in [-0.2, -0.15) is 0 Å². The number of fused-ring (bicyclic) bond motifs is 18. The molecule has 0 aromatic carbocycles.